The van der Waals surface area contributed by atoms with Gasteiger partial charge in [0.25, 0.3) is 0 Å². The highest BCUT2D eigenvalue weighted by atomic mass is 16.6. The number of benzene rings is 2. The van der Waals surface area contributed by atoms with Gasteiger partial charge in [-0.1, -0.05) is 0 Å². The van der Waals surface area contributed by atoms with Crippen LogP contribution in [0.2, 0.25) is 0 Å². The lowest BCUT2D eigenvalue weighted by Crippen LogP contribution is -2.10. The Balaban J connectivity index is 1.75. The lowest BCUT2D eigenvalue weighted by Gasteiger charge is -2.06. The first-order valence-corrected chi connectivity index (χ1v) is 8.04. The van der Waals surface area contributed by atoms with E-state index in [0.717, 1.165) is 17.4 Å². The van der Waals surface area contributed by atoms with Gasteiger partial charge in [0.2, 0.25) is 5.88 Å². The molecular formula is C19H15N3O6. The lowest BCUT2D eigenvalue weighted by molar-refractivity contribution is -0.385. The second-order valence-corrected chi connectivity index (χ2v) is 5.52. The van der Waals surface area contributed by atoms with E-state index < -0.39 is 10.9 Å². The number of nitro benzene ring substituents is 1. The molecule has 0 radical (unpaired) electrons. The van der Waals surface area contributed by atoms with Crippen LogP contribution in [0.4, 0.5) is 5.69 Å². The van der Waals surface area contributed by atoms with Crippen molar-refractivity contribution in [1.29, 1.82) is 0 Å². The highest BCUT2D eigenvalue weighted by molar-refractivity contribution is 5.92. The summed E-state index contributed by atoms with van der Waals surface area (Å²) in [4.78, 5) is 22.7. The third-order valence-corrected chi connectivity index (χ3v) is 3.83. The molecule has 0 saturated heterocycles. The summed E-state index contributed by atoms with van der Waals surface area (Å²) in [5.74, 6) is -0.0565. The molecule has 9 heteroatoms. The van der Waals surface area contributed by atoms with Gasteiger partial charge in [-0.05, 0) is 42.5 Å². The van der Waals surface area contributed by atoms with Crippen LogP contribution < -0.4 is 14.2 Å². The largest absolute Gasteiger partial charge is 0.497 e. The zero-order valence-electron chi connectivity index (χ0n) is 15.0. The molecule has 3 rings (SSSR count). The second kappa shape index (κ2) is 8.12. The average Bonchev–Trinajstić information content (AvgIpc) is 2.73. The van der Waals surface area contributed by atoms with Crippen molar-refractivity contribution in [3.8, 4) is 28.6 Å². The number of esters is 1. The SMILES string of the molecule is COc1ccc(-c2ccc(OC(=O)c3ccc(OC)c([N+](=O)[O-])c3)nn2)cc1. The minimum absolute atomic E-state index is 0.00599. The maximum atomic E-state index is 12.2. The number of carbonyl (C=O) groups is 1. The Bertz CT molecular complexity index is 1000. The molecule has 9 nitrogen and oxygen atoms in total. The number of aromatic nitrogens is 2. The number of rotatable bonds is 6. The second-order valence-electron chi connectivity index (χ2n) is 5.52. The fourth-order valence-electron chi connectivity index (χ4n) is 2.40. The molecule has 3 aromatic rings. The van der Waals surface area contributed by atoms with Gasteiger partial charge in [-0.25, -0.2) is 4.79 Å². The van der Waals surface area contributed by atoms with Crippen molar-refractivity contribution < 1.29 is 23.9 Å². The van der Waals surface area contributed by atoms with Crippen LogP contribution in [-0.4, -0.2) is 35.3 Å². The van der Waals surface area contributed by atoms with Gasteiger partial charge < -0.3 is 14.2 Å². The molecule has 0 fully saturated rings. The molecule has 0 N–H and O–H groups in total. The molecule has 0 amide bonds. The van der Waals surface area contributed by atoms with Gasteiger partial charge in [-0.15, -0.1) is 10.2 Å². The van der Waals surface area contributed by atoms with Crippen molar-refractivity contribution in [3.05, 3.63) is 70.3 Å². The Morgan fingerprint density at radius 1 is 0.964 bits per heavy atom. The topological polar surface area (TPSA) is 114 Å². The summed E-state index contributed by atoms with van der Waals surface area (Å²) in [5, 5.41) is 19.0. The first kappa shape index (κ1) is 18.8. The first-order valence-electron chi connectivity index (χ1n) is 8.04. The van der Waals surface area contributed by atoms with Crippen LogP contribution >= 0.6 is 0 Å². The molecule has 142 valence electrons. The molecule has 0 spiro atoms. The van der Waals surface area contributed by atoms with E-state index in [1.54, 1.807) is 25.3 Å². The molecule has 0 atom stereocenters. The number of methoxy groups -OCH3 is 2. The van der Waals surface area contributed by atoms with E-state index in [2.05, 4.69) is 10.2 Å². The van der Waals surface area contributed by atoms with Gasteiger partial charge >= 0.3 is 11.7 Å². The summed E-state index contributed by atoms with van der Waals surface area (Å²) in [5.41, 5.74) is 1.06. The molecular weight excluding hydrogens is 366 g/mol. The van der Waals surface area contributed by atoms with Gasteiger partial charge in [0, 0.05) is 17.7 Å². The fourth-order valence-corrected chi connectivity index (χ4v) is 2.40. The van der Waals surface area contributed by atoms with E-state index in [-0.39, 0.29) is 22.9 Å². The predicted octanol–water partition coefficient (Wildman–Crippen LogP) is 3.29. The molecule has 28 heavy (non-hydrogen) atoms. The highest BCUT2D eigenvalue weighted by Crippen LogP contribution is 2.28. The molecule has 0 aliphatic rings. The smallest absolute Gasteiger partial charge is 0.345 e. The Morgan fingerprint density at radius 2 is 1.71 bits per heavy atom. The van der Waals surface area contributed by atoms with Crippen molar-refractivity contribution in [2.24, 2.45) is 0 Å². The van der Waals surface area contributed by atoms with Crippen LogP contribution in [0.3, 0.4) is 0 Å². The van der Waals surface area contributed by atoms with E-state index in [1.807, 2.05) is 12.1 Å². The van der Waals surface area contributed by atoms with Gasteiger partial charge in [0.05, 0.1) is 30.4 Å². The van der Waals surface area contributed by atoms with Gasteiger partial charge in [0.1, 0.15) is 5.75 Å². The normalized spacial score (nSPS) is 10.2. The van der Waals surface area contributed by atoms with Crippen molar-refractivity contribution in [2.75, 3.05) is 14.2 Å². The summed E-state index contributed by atoms with van der Waals surface area (Å²) in [7, 11) is 2.88. The van der Waals surface area contributed by atoms with Crippen molar-refractivity contribution in [2.45, 2.75) is 0 Å². The van der Waals surface area contributed by atoms with E-state index in [0.29, 0.717) is 5.69 Å². The number of nitrogens with zero attached hydrogens (tertiary/aromatic N) is 3. The molecule has 0 aliphatic carbocycles. The maximum Gasteiger partial charge on any atom is 0.345 e. The summed E-state index contributed by atoms with van der Waals surface area (Å²) >= 11 is 0. The van der Waals surface area contributed by atoms with Crippen molar-refractivity contribution in [3.63, 3.8) is 0 Å². The zero-order valence-corrected chi connectivity index (χ0v) is 15.0. The summed E-state index contributed by atoms with van der Waals surface area (Å²) in [6, 6.07) is 14.1. The van der Waals surface area contributed by atoms with Gasteiger partial charge in [-0.3, -0.25) is 10.1 Å². The molecule has 0 saturated carbocycles. The summed E-state index contributed by atoms with van der Waals surface area (Å²) < 4.78 is 15.1. The summed E-state index contributed by atoms with van der Waals surface area (Å²) in [6.45, 7) is 0. The number of nitro groups is 1. The molecule has 1 aromatic heterocycles. The van der Waals surface area contributed by atoms with E-state index in [9.17, 15) is 14.9 Å². The van der Waals surface area contributed by atoms with Crippen LogP contribution in [0.5, 0.6) is 17.4 Å². The molecule has 2 aromatic carbocycles. The first-order chi connectivity index (χ1) is 13.5. The number of hydrogen-bond acceptors (Lipinski definition) is 8. The van der Waals surface area contributed by atoms with Gasteiger partial charge in [-0.2, -0.15) is 0 Å². The Hall–Kier alpha value is -4.01. The standard InChI is InChI=1S/C19H15N3O6/c1-26-14-6-3-12(4-7-14)15-8-10-18(21-20-15)28-19(23)13-5-9-17(27-2)16(11-13)22(24)25/h3-11H,1-2H3. The average molecular weight is 381 g/mol. The Labute approximate surface area is 159 Å². The fraction of sp³-hybridized carbons (Fsp3) is 0.105. The Kier molecular flexibility index (Phi) is 5.45. The lowest BCUT2D eigenvalue weighted by atomic mass is 10.1. The highest BCUT2D eigenvalue weighted by Gasteiger charge is 2.19. The van der Waals surface area contributed by atoms with E-state index in [4.69, 9.17) is 14.2 Å². The van der Waals surface area contributed by atoms with Crippen LogP contribution in [0, 0.1) is 10.1 Å². The molecule has 0 bridgehead atoms. The van der Waals surface area contributed by atoms with Crippen LogP contribution in [0.1, 0.15) is 10.4 Å². The van der Waals surface area contributed by atoms with Crippen molar-refractivity contribution in [1.82, 2.24) is 10.2 Å². The van der Waals surface area contributed by atoms with Gasteiger partial charge in [0.15, 0.2) is 5.75 Å². The van der Waals surface area contributed by atoms with Crippen LogP contribution in [0.15, 0.2) is 54.6 Å². The third-order valence-electron chi connectivity index (χ3n) is 3.83. The molecule has 1 heterocycles. The zero-order chi connectivity index (χ0) is 20.1. The molecule has 0 aliphatic heterocycles. The minimum atomic E-state index is -0.794. The summed E-state index contributed by atoms with van der Waals surface area (Å²) in [6.07, 6.45) is 0. The number of ether oxygens (including phenoxy) is 3. The minimum Gasteiger partial charge on any atom is -0.497 e. The number of hydrogen-bond donors (Lipinski definition) is 0. The van der Waals surface area contributed by atoms with E-state index in [1.165, 1.54) is 25.3 Å². The van der Waals surface area contributed by atoms with Crippen molar-refractivity contribution >= 4 is 11.7 Å². The Morgan fingerprint density at radius 3 is 2.29 bits per heavy atom. The van der Waals surface area contributed by atoms with Crippen LogP contribution in [0.25, 0.3) is 11.3 Å². The van der Waals surface area contributed by atoms with E-state index >= 15 is 0 Å². The monoisotopic (exact) mass is 381 g/mol. The molecule has 0 unspecified atom stereocenters. The predicted molar refractivity (Wildman–Crippen MR) is 98.6 cm³/mol. The number of carbonyl (C=O) groups excluding carboxylic acids is 1. The third kappa shape index (κ3) is 4.04. The maximum absolute atomic E-state index is 12.2. The van der Waals surface area contributed by atoms with Crippen LogP contribution in [-0.2, 0) is 0 Å². The quantitative estimate of drug-likeness (QED) is 0.363.